The molecule has 1 aromatic heterocycles. The lowest BCUT2D eigenvalue weighted by molar-refractivity contribution is 0.0785. The number of methoxy groups -OCH3 is 1. The maximum absolute atomic E-state index is 12.6. The molecule has 1 saturated heterocycles. The van der Waals surface area contributed by atoms with Crippen LogP contribution in [0.4, 0.5) is 4.79 Å². The van der Waals surface area contributed by atoms with Crippen molar-refractivity contribution in [3.05, 3.63) is 36.0 Å². The number of aromatic nitrogens is 1. The van der Waals surface area contributed by atoms with Crippen molar-refractivity contribution in [3.8, 4) is 17.1 Å². The van der Waals surface area contributed by atoms with Crippen molar-refractivity contribution in [2.45, 2.75) is 45.4 Å². The number of nitrogens with one attached hydrogen (secondary N) is 1. The fourth-order valence-electron chi connectivity index (χ4n) is 3.09. The molecule has 1 fully saturated rings. The number of carbonyl (C=O) groups excluding carboxylic acids is 1. The summed E-state index contributed by atoms with van der Waals surface area (Å²) in [7, 11) is 1.63. The molecule has 2 aromatic rings. The molecule has 1 aliphatic heterocycles. The van der Waals surface area contributed by atoms with E-state index in [4.69, 9.17) is 14.0 Å². The van der Waals surface area contributed by atoms with Crippen molar-refractivity contribution >= 4 is 6.03 Å². The summed E-state index contributed by atoms with van der Waals surface area (Å²) in [6.45, 7) is 5.55. The highest BCUT2D eigenvalue weighted by Crippen LogP contribution is 2.25. The molecule has 1 N–H and O–H groups in total. The molecule has 7 heteroatoms. The Balaban J connectivity index is 1.72. The topological polar surface area (TPSA) is 76.8 Å². The first-order valence-electron chi connectivity index (χ1n) is 9.32. The summed E-state index contributed by atoms with van der Waals surface area (Å²) < 4.78 is 16.4. The summed E-state index contributed by atoms with van der Waals surface area (Å²) in [5.41, 5.74) is 1.58. The van der Waals surface area contributed by atoms with Crippen LogP contribution in [0.25, 0.3) is 11.3 Å². The third-order valence-corrected chi connectivity index (χ3v) is 4.41. The van der Waals surface area contributed by atoms with E-state index in [2.05, 4.69) is 10.5 Å². The van der Waals surface area contributed by atoms with Crippen LogP contribution in [0.1, 0.15) is 32.4 Å². The van der Waals surface area contributed by atoms with Gasteiger partial charge in [0.2, 0.25) is 0 Å². The van der Waals surface area contributed by atoms with Crippen molar-refractivity contribution in [3.63, 3.8) is 0 Å². The van der Waals surface area contributed by atoms with Crippen LogP contribution in [-0.4, -0.2) is 48.5 Å². The van der Waals surface area contributed by atoms with Crippen LogP contribution in [-0.2, 0) is 11.3 Å². The summed E-state index contributed by atoms with van der Waals surface area (Å²) in [5.74, 6) is 1.40. The molecule has 27 heavy (non-hydrogen) atoms. The van der Waals surface area contributed by atoms with Crippen molar-refractivity contribution in [2.24, 2.45) is 0 Å². The van der Waals surface area contributed by atoms with Gasteiger partial charge < -0.3 is 24.2 Å². The van der Waals surface area contributed by atoms with Gasteiger partial charge in [-0.2, -0.15) is 0 Å². The minimum atomic E-state index is -0.119. The molecule has 0 unspecified atom stereocenters. The number of hydrogen-bond acceptors (Lipinski definition) is 5. The fourth-order valence-corrected chi connectivity index (χ4v) is 3.09. The predicted molar refractivity (Wildman–Crippen MR) is 102 cm³/mol. The van der Waals surface area contributed by atoms with Gasteiger partial charge >= 0.3 is 6.03 Å². The normalized spacial score (nSPS) is 16.5. The SMILES string of the molecule is COc1cccc(-c2cc(CN(C[C@H]3CCCO3)C(=O)NC(C)C)no2)c1. The van der Waals surface area contributed by atoms with E-state index in [9.17, 15) is 4.79 Å². The van der Waals surface area contributed by atoms with E-state index < -0.39 is 0 Å². The molecule has 146 valence electrons. The Morgan fingerprint density at radius 2 is 2.26 bits per heavy atom. The highest BCUT2D eigenvalue weighted by molar-refractivity contribution is 5.74. The average Bonchev–Trinajstić information content (AvgIpc) is 3.32. The lowest BCUT2D eigenvalue weighted by Crippen LogP contribution is -2.45. The van der Waals surface area contributed by atoms with Gasteiger partial charge in [-0.05, 0) is 38.8 Å². The second-order valence-corrected chi connectivity index (χ2v) is 7.03. The van der Waals surface area contributed by atoms with E-state index in [0.717, 1.165) is 30.8 Å². The number of benzene rings is 1. The number of rotatable bonds is 7. The summed E-state index contributed by atoms with van der Waals surface area (Å²) in [5, 5.41) is 7.09. The maximum atomic E-state index is 12.6. The number of nitrogens with zero attached hydrogens (tertiary/aromatic N) is 2. The molecule has 3 rings (SSSR count). The van der Waals surface area contributed by atoms with E-state index >= 15 is 0 Å². The number of urea groups is 1. The van der Waals surface area contributed by atoms with Crippen LogP contribution in [0.2, 0.25) is 0 Å². The first-order valence-corrected chi connectivity index (χ1v) is 9.32. The molecular weight excluding hydrogens is 346 g/mol. The average molecular weight is 373 g/mol. The molecule has 2 heterocycles. The second kappa shape index (κ2) is 8.90. The standard InChI is InChI=1S/C20H27N3O4/c1-14(2)21-20(24)23(13-18-8-5-9-26-18)12-16-11-19(27-22-16)15-6-4-7-17(10-15)25-3/h4,6-7,10-11,14,18H,5,8-9,12-13H2,1-3H3,(H,21,24)/t18-/m1/s1. The van der Waals surface area contributed by atoms with Gasteiger partial charge in [0.15, 0.2) is 5.76 Å². The largest absolute Gasteiger partial charge is 0.497 e. The van der Waals surface area contributed by atoms with E-state index in [0.29, 0.717) is 24.5 Å². The number of hydrogen-bond donors (Lipinski definition) is 1. The van der Waals surface area contributed by atoms with Crippen LogP contribution in [0.3, 0.4) is 0 Å². The quantitative estimate of drug-likeness (QED) is 0.804. The molecule has 0 radical (unpaired) electrons. The highest BCUT2D eigenvalue weighted by Gasteiger charge is 2.24. The lowest BCUT2D eigenvalue weighted by Gasteiger charge is -2.25. The van der Waals surface area contributed by atoms with Crippen molar-refractivity contribution in [1.82, 2.24) is 15.4 Å². The summed E-state index contributed by atoms with van der Waals surface area (Å²) in [6, 6.07) is 9.40. The van der Waals surface area contributed by atoms with Gasteiger partial charge in [-0.15, -0.1) is 0 Å². The highest BCUT2D eigenvalue weighted by atomic mass is 16.5. The Kier molecular flexibility index (Phi) is 6.34. The third kappa shape index (κ3) is 5.23. The molecule has 7 nitrogen and oxygen atoms in total. The minimum Gasteiger partial charge on any atom is -0.497 e. The van der Waals surface area contributed by atoms with Crippen molar-refractivity contribution in [2.75, 3.05) is 20.3 Å². The van der Waals surface area contributed by atoms with Crippen molar-refractivity contribution in [1.29, 1.82) is 0 Å². The molecule has 0 bridgehead atoms. The monoisotopic (exact) mass is 373 g/mol. The summed E-state index contributed by atoms with van der Waals surface area (Å²) >= 11 is 0. The molecule has 1 aliphatic rings. The van der Waals surface area contributed by atoms with E-state index in [1.54, 1.807) is 12.0 Å². The van der Waals surface area contributed by atoms with Gasteiger partial charge in [0.25, 0.3) is 0 Å². The zero-order valence-corrected chi connectivity index (χ0v) is 16.1. The van der Waals surface area contributed by atoms with Gasteiger partial charge in [0.1, 0.15) is 11.4 Å². The van der Waals surface area contributed by atoms with Gasteiger partial charge in [0, 0.05) is 30.8 Å². The van der Waals surface area contributed by atoms with E-state index in [1.807, 2.05) is 44.2 Å². The van der Waals surface area contributed by atoms with Crippen LogP contribution in [0.15, 0.2) is 34.9 Å². The Morgan fingerprint density at radius 3 is 2.96 bits per heavy atom. The number of carbonyl (C=O) groups is 1. The third-order valence-electron chi connectivity index (χ3n) is 4.41. The first kappa shape index (κ1) is 19.2. The minimum absolute atomic E-state index is 0.0640. The molecule has 0 saturated carbocycles. The fraction of sp³-hybridized carbons (Fsp3) is 0.500. The van der Waals surface area contributed by atoms with Crippen molar-refractivity contribution < 1.29 is 18.8 Å². The molecule has 1 aromatic carbocycles. The Labute approximate surface area is 159 Å². The van der Waals surface area contributed by atoms with Crippen LogP contribution >= 0.6 is 0 Å². The Hall–Kier alpha value is -2.54. The maximum Gasteiger partial charge on any atom is 0.318 e. The molecule has 0 aliphatic carbocycles. The first-order chi connectivity index (χ1) is 13.0. The van der Waals surface area contributed by atoms with Crippen LogP contribution in [0, 0.1) is 0 Å². The zero-order chi connectivity index (χ0) is 19.2. The summed E-state index contributed by atoms with van der Waals surface area (Å²) in [4.78, 5) is 14.3. The van der Waals surface area contributed by atoms with Gasteiger partial charge in [0.05, 0.1) is 19.8 Å². The molecule has 2 amide bonds. The van der Waals surface area contributed by atoms with Gasteiger partial charge in [-0.25, -0.2) is 4.79 Å². The smallest absolute Gasteiger partial charge is 0.318 e. The van der Waals surface area contributed by atoms with Crippen LogP contribution in [0.5, 0.6) is 5.75 Å². The Morgan fingerprint density at radius 1 is 1.41 bits per heavy atom. The molecule has 0 spiro atoms. The summed E-state index contributed by atoms with van der Waals surface area (Å²) in [6.07, 6.45) is 2.08. The zero-order valence-electron chi connectivity index (χ0n) is 16.1. The van der Waals surface area contributed by atoms with E-state index in [-0.39, 0.29) is 18.2 Å². The van der Waals surface area contributed by atoms with Gasteiger partial charge in [-0.3, -0.25) is 0 Å². The Bertz CT molecular complexity index is 753. The van der Waals surface area contributed by atoms with E-state index in [1.165, 1.54) is 0 Å². The van der Waals surface area contributed by atoms with Crippen LogP contribution < -0.4 is 10.1 Å². The van der Waals surface area contributed by atoms with Gasteiger partial charge in [-0.1, -0.05) is 17.3 Å². The molecule has 1 atom stereocenters. The lowest BCUT2D eigenvalue weighted by atomic mass is 10.1. The number of amides is 2. The second-order valence-electron chi connectivity index (χ2n) is 7.03. The molecular formula is C20H27N3O4. The predicted octanol–water partition coefficient (Wildman–Crippen LogP) is 3.45. The number of ether oxygens (including phenoxy) is 2.